The number of fused-ring (bicyclic) bond motifs is 6. The van der Waals surface area contributed by atoms with E-state index in [1.54, 1.807) is 184 Å². The lowest BCUT2D eigenvalue weighted by molar-refractivity contribution is -0.338. The van der Waals surface area contributed by atoms with Gasteiger partial charge in [-0.1, -0.05) is 172 Å². The van der Waals surface area contributed by atoms with Crippen molar-refractivity contribution in [3.63, 3.8) is 0 Å². The lowest BCUT2D eigenvalue weighted by Gasteiger charge is -2.65. The summed E-state index contributed by atoms with van der Waals surface area (Å²) in [5, 5.41) is 81.0. The van der Waals surface area contributed by atoms with Crippen molar-refractivity contribution in [1.82, 2.24) is 52.8 Å². The molecule has 1 saturated heterocycles. The standard InChI is InChI=1S/C100H121N11O26S2/c1-54-74(48-100(131)87(132-50-61-32-17-10-18-33-61)80-78(73(116)47-75-99(80,53-133-75)137-58(5)115)84(119)85(134-57(4)114)79(54)98(100,6)7)135-97(130)86(83(62-34-19-11-20-35-62)111-88(120)63-36-21-12-22-37-63)136-77(118)42-27-41-76(117)103-68(44-59-28-13-8-14-29-59)90(122)107-71(51-138)93(125)105-69(45-60-30-15-9-16-31-60)91(123)106-70(46-64-49-102-66-39-24-23-38-65(64)66)92(124)104-67(40-25-26-43-101)89(121)109-81(55(2)112)95(127)108-72(52-139)94(126)110-82(56(3)113)96(128)129/h8-24,28-39,49,55-56,67-75,78,80-83,85-87,102,112-113,116,131,138-139H,25-27,40-48,50-53,101H2,1-7H3,(H,103,117)(H,104,124)(H,105,125)(H,106,123)(H,107,122)(H,108,127)(H,109,121)(H,110,126)(H,111,120)(H,128,129)/t55-,56-,67+,68-,69+,70-,71+,72+,73+,74+,75?,78?,80?,81+,82+,83+,85-,86?,87+,99+,100-/m1/s1. The van der Waals surface area contributed by atoms with Crippen molar-refractivity contribution in [2.24, 2.45) is 23.0 Å². The number of benzene rings is 6. The highest BCUT2D eigenvalue weighted by Gasteiger charge is 2.74. The van der Waals surface area contributed by atoms with Crippen LogP contribution in [0.5, 0.6) is 0 Å². The van der Waals surface area contributed by atoms with Gasteiger partial charge in [-0.15, -0.1) is 0 Å². The second-order valence-electron chi connectivity index (χ2n) is 35.9. The van der Waals surface area contributed by atoms with Gasteiger partial charge in [-0.2, -0.15) is 25.3 Å². The van der Waals surface area contributed by atoms with Crippen molar-refractivity contribution in [2.75, 3.05) is 24.7 Å². The van der Waals surface area contributed by atoms with Gasteiger partial charge in [0.25, 0.3) is 5.91 Å². The molecule has 1 aromatic heterocycles. The zero-order valence-electron chi connectivity index (χ0n) is 77.9. The molecule has 744 valence electrons. The zero-order chi connectivity index (χ0) is 101. The Hall–Kier alpha value is -12.7. The number of aliphatic hydroxyl groups is 4. The van der Waals surface area contributed by atoms with Gasteiger partial charge in [-0.25, -0.2) is 9.59 Å². The van der Waals surface area contributed by atoms with Crippen molar-refractivity contribution >= 4 is 125 Å². The van der Waals surface area contributed by atoms with Gasteiger partial charge in [0.15, 0.2) is 23.5 Å². The topological polar surface area (TPSA) is 563 Å². The van der Waals surface area contributed by atoms with Gasteiger partial charge >= 0.3 is 29.8 Å². The van der Waals surface area contributed by atoms with Crippen LogP contribution in [-0.4, -0.2) is 252 Å². The number of ketones is 1. The minimum atomic E-state index is -2.37. The molecule has 6 aromatic carbocycles. The average Bonchev–Trinajstić information content (AvgIpc) is 0.763. The quantitative estimate of drug-likeness (QED) is 0.00855. The summed E-state index contributed by atoms with van der Waals surface area (Å²) in [6.45, 7) is 8.79. The molecule has 4 aliphatic rings. The molecule has 2 bridgehead atoms. The number of carbonyl (C=O) groups excluding carboxylic acids is 14. The molecule has 17 N–H and O–H groups in total. The number of aromatic amines is 1. The van der Waals surface area contributed by atoms with Gasteiger partial charge < -0.3 is 113 Å². The van der Waals surface area contributed by atoms with E-state index in [0.29, 0.717) is 39.6 Å². The van der Waals surface area contributed by atoms with E-state index in [2.05, 4.69) is 78.1 Å². The number of aliphatic hydroxyl groups excluding tert-OH is 3. The first-order valence-corrected chi connectivity index (χ1v) is 47.2. The number of para-hydroxylation sites is 1. The van der Waals surface area contributed by atoms with Gasteiger partial charge in [0.2, 0.25) is 53.4 Å². The Morgan fingerprint density at radius 3 is 1.63 bits per heavy atom. The van der Waals surface area contributed by atoms with E-state index in [-0.39, 0.29) is 87.0 Å². The highest BCUT2D eigenvalue weighted by Crippen LogP contribution is 2.61. The number of carboxylic acids is 1. The third-order valence-electron chi connectivity index (χ3n) is 25.8. The number of carboxylic acid groups (broad SMARTS) is 1. The Bertz CT molecular complexity index is 5570. The SMILES string of the molecule is CC(=O)O[C@H]1C(=O)C2C([C@H](OCc3ccccc3)[C@]3(O)C[C@H](OC(=O)C(OC(=O)CCCC(=O)N[C@H](Cc4ccccc4)C(=O)N[C@@H](CS)C(=O)N[C@@H](Cc4ccccc4)C(=O)N[C@H](Cc4c[nH]c5ccccc45)C(=O)N[C@@H](CCCCN)C(=O)N[C@H](C(=O)N[C@@H](CS)C(=O)N[C@H](C(=O)O)[C@@H](C)O)[C@@H](C)O)[C@@H](NC(=O)c4ccccc4)c4ccccc4)C(C)=C1C3(C)C)[C@]1(OC(C)=O)COC1C[C@@H]2O. The van der Waals surface area contributed by atoms with Crippen LogP contribution in [0.25, 0.3) is 10.9 Å². The second kappa shape index (κ2) is 48.7. The number of carbonyl (C=O) groups is 15. The summed E-state index contributed by atoms with van der Waals surface area (Å²) in [5.74, 6) is -19.0. The molecule has 7 aromatic rings. The maximum Gasteiger partial charge on any atom is 0.350 e. The molecule has 11 rings (SSSR count). The molecule has 4 unspecified atom stereocenters. The van der Waals surface area contributed by atoms with Crippen molar-refractivity contribution in [1.29, 1.82) is 0 Å². The minimum Gasteiger partial charge on any atom is -0.480 e. The molecule has 9 amide bonds. The van der Waals surface area contributed by atoms with E-state index in [1.165, 1.54) is 19.1 Å². The van der Waals surface area contributed by atoms with E-state index >= 15 is 19.2 Å². The highest BCUT2D eigenvalue weighted by molar-refractivity contribution is 7.80. The largest absolute Gasteiger partial charge is 0.480 e. The number of aromatic nitrogens is 1. The summed E-state index contributed by atoms with van der Waals surface area (Å²) in [4.78, 5) is 219. The maximum atomic E-state index is 15.9. The molecule has 3 fully saturated rings. The van der Waals surface area contributed by atoms with Crippen molar-refractivity contribution in [3.8, 4) is 0 Å². The van der Waals surface area contributed by atoms with Gasteiger partial charge in [-0.05, 0) is 110 Å². The van der Waals surface area contributed by atoms with Crippen LogP contribution in [0.4, 0.5) is 0 Å². The van der Waals surface area contributed by atoms with E-state index in [4.69, 9.17) is 34.2 Å². The number of nitrogens with two attached hydrogens (primary N) is 1. The zero-order valence-corrected chi connectivity index (χ0v) is 79.7. The number of hydrogen-bond donors (Lipinski definition) is 18. The molecule has 1 aliphatic heterocycles. The molecule has 39 heteroatoms. The molecule has 0 radical (unpaired) electrons. The van der Waals surface area contributed by atoms with E-state index in [0.717, 1.165) is 27.7 Å². The number of rotatable bonds is 46. The molecule has 139 heavy (non-hydrogen) atoms. The van der Waals surface area contributed by atoms with Gasteiger partial charge in [0, 0.05) is 104 Å². The maximum absolute atomic E-state index is 15.9. The normalized spacial score (nSPS) is 22.1. The molecule has 0 spiro atoms. The third-order valence-corrected chi connectivity index (χ3v) is 26.5. The molecule has 2 heterocycles. The van der Waals surface area contributed by atoms with Crippen LogP contribution in [0.1, 0.15) is 144 Å². The Morgan fingerprint density at radius 1 is 0.576 bits per heavy atom. The van der Waals surface area contributed by atoms with E-state index in [1.807, 2.05) is 0 Å². The summed E-state index contributed by atoms with van der Waals surface area (Å²) in [7, 11) is 0. The van der Waals surface area contributed by atoms with Crippen molar-refractivity contribution in [3.05, 3.63) is 227 Å². The molecular formula is C100H121N11O26S2. The number of H-pyrrole nitrogens is 1. The number of aliphatic carboxylic acids is 1. The molecule has 21 atom stereocenters. The van der Waals surface area contributed by atoms with Crippen molar-refractivity contribution in [2.45, 2.75) is 240 Å². The molecule has 2 saturated carbocycles. The summed E-state index contributed by atoms with van der Waals surface area (Å²) in [5.41, 5.74) is 3.25. The smallest absolute Gasteiger partial charge is 0.350 e. The number of thiol groups is 2. The van der Waals surface area contributed by atoms with Gasteiger partial charge in [0.1, 0.15) is 66.1 Å². The lowest BCUT2D eigenvalue weighted by Crippen LogP contribution is -2.79. The fraction of sp³-hybridized carbons (Fsp3) is 0.450. The average molecular weight is 1960 g/mol. The minimum absolute atomic E-state index is 0.0365. The molecular weight excluding hydrogens is 1840 g/mol. The first-order chi connectivity index (χ1) is 66.3. The number of esters is 4. The summed E-state index contributed by atoms with van der Waals surface area (Å²) in [6.07, 6.45) is -14.0. The second-order valence-corrected chi connectivity index (χ2v) is 36.6. The van der Waals surface area contributed by atoms with Crippen LogP contribution >= 0.6 is 25.3 Å². The summed E-state index contributed by atoms with van der Waals surface area (Å²) < 4.78 is 37.9. The summed E-state index contributed by atoms with van der Waals surface area (Å²) >= 11 is 8.61. The van der Waals surface area contributed by atoms with Gasteiger partial charge in [0.05, 0.1) is 43.5 Å². The summed E-state index contributed by atoms with van der Waals surface area (Å²) in [6, 6.07) is 34.1. The Labute approximate surface area is 813 Å². The monoisotopic (exact) mass is 1960 g/mol. The predicted molar refractivity (Wildman–Crippen MR) is 510 cm³/mol. The number of nitrogens with one attached hydrogen (secondary N) is 10. The number of amides is 9. The molecule has 3 aliphatic carbocycles. The van der Waals surface area contributed by atoms with E-state index < -0.39 is 251 Å². The fourth-order valence-electron chi connectivity index (χ4n) is 18.5. The fourth-order valence-corrected chi connectivity index (χ4v) is 19.0. The Kier molecular flexibility index (Phi) is 37.4. The first-order valence-electron chi connectivity index (χ1n) is 46.0. The van der Waals surface area contributed by atoms with Crippen LogP contribution < -0.4 is 53.6 Å². The van der Waals surface area contributed by atoms with Crippen LogP contribution in [0.15, 0.2) is 193 Å². The van der Waals surface area contributed by atoms with Crippen LogP contribution in [0.2, 0.25) is 0 Å². The van der Waals surface area contributed by atoms with E-state index in [9.17, 15) is 78.3 Å². The van der Waals surface area contributed by atoms with Gasteiger partial charge in [-0.3, -0.25) is 62.3 Å². The Morgan fingerprint density at radius 2 is 1.08 bits per heavy atom. The number of Topliss-reactive ketones (excluding diaryl/α,β-unsaturated/α-hetero) is 1. The third kappa shape index (κ3) is 26.4. The number of hydrogen-bond acceptors (Lipinski definition) is 28. The predicted octanol–water partition coefficient (Wildman–Crippen LogP) is 3.35. The highest BCUT2D eigenvalue weighted by atomic mass is 32.1. The number of ether oxygens (including phenoxy) is 6. The van der Waals surface area contributed by atoms with Crippen molar-refractivity contribution < 1.29 is 126 Å². The van der Waals surface area contributed by atoms with Crippen LogP contribution in [0.3, 0.4) is 0 Å². The first kappa shape index (κ1) is 107. The lowest BCUT2D eigenvalue weighted by atomic mass is 9.48. The Balaban J connectivity index is 0.833. The van der Waals surface area contributed by atoms with Crippen LogP contribution in [0, 0.1) is 17.3 Å². The number of unbranched alkanes of at least 4 members (excludes halogenated alkanes) is 1. The van der Waals surface area contributed by atoms with Crippen LogP contribution in [-0.2, 0) is 121 Å². The molecule has 37 nitrogen and oxygen atoms in total.